The van der Waals surface area contributed by atoms with Gasteiger partial charge in [0.05, 0.1) is 22.9 Å². The highest BCUT2D eigenvalue weighted by Crippen LogP contribution is 2.22. The van der Waals surface area contributed by atoms with E-state index in [2.05, 4.69) is 0 Å². The molecule has 1 heterocycles. The molecule has 0 radical (unpaired) electrons. The maximum atomic E-state index is 10.7. The molecule has 1 rings (SSSR count). The average molecular weight is 255 g/mol. The summed E-state index contributed by atoms with van der Waals surface area (Å²) in [6.07, 6.45) is 0.803. The Hall–Kier alpha value is -0.330. The molecule has 1 unspecified atom stereocenters. The predicted molar refractivity (Wildman–Crippen MR) is 41.5 cm³/mol. The van der Waals surface area contributed by atoms with Gasteiger partial charge in [0.2, 0.25) is 5.91 Å². The largest absolute Gasteiger partial charge is 0.480 e. The molecule has 1 aliphatic rings. The summed E-state index contributed by atoms with van der Waals surface area (Å²) in [7, 11) is 0. The molecule has 0 saturated carbocycles. The minimum Gasteiger partial charge on any atom is -0.480 e. The van der Waals surface area contributed by atoms with E-state index in [1.165, 1.54) is 3.11 Å². The van der Waals surface area contributed by atoms with Crippen LogP contribution in [0.5, 0.6) is 0 Å². The van der Waals surface area contributed by atoms with Crippen LogP contribution in [0.2, 0.25) is 0 Å². The molecule has 1 aliphatic heterocycles. The van der Waals surface area contributed by atoms with Crippen molar-refractivity contribution in [1.29, 1.82) is 0 Å². The fourth-order valence-corrected chi connectivity index (χ4v) is 1.63. The lowest BCUT2D eigenvalue weighted by molar-refractivity contribution is -0.142. The molecule has 0 aliphatic carbocycles. The van der Waals surface area contributed by atoms with Gasteiger partial charge in [-0.3, -0.25) is 7.91 Å². The van der Waals surface area contributed by atoms with Crippen molar-refractivity contribution in [3.05, 3.63) is 0 Å². The highest BCUT2D eigenvalue weighted by atomic mass is 127. The van der Waals surface area contributed by atoms with Crippen LogP contribution in [0.25, 0.3) is 0 Å². The number of rotatable bonds is 1. The van der Waals surface area contributed by atoms with E-state index in [-0.39, 0.29) is 5.91 Å². The van der Waals surface area contributed by atoms with Gasteiger partial charge in [0.1, 0.15) is 6.04 Å². The number of aliphatic carboxylic acids is 1. The van der Waals surface area contributed by atoms with Gasteiger partial charge in [-0.1, -0.05) is 0 Å². The molecule has 0 aromatic rings. The van der Waals surface area contributed by atoms with Crippen molar-refractivity contribution < 1.29 is 14.7 Å². The second-order valence-corrected chi connectivity index (χ2v) is 3.14. The molecule has 0 aromatic heterocycles. The minimum atomic E-state index is -0.916. The first-order chi connectivity index (χ1) is 4.63. The summed E-state index contributed by atoms with van der Waals surface area (Å²) in [6.45, 7) is 0. The van der Waals surface area contributed by atoms with Crippen molar-refractivity contribution in [3.8, 4) is 0 Å². The molecular formula is C5H6INO3. The highest BCUT2D eigenvalue weighted by molar-refractivity contribution is 14.1. The first-order valence-electron chi connectivity index (χ1n) is 2.83. The number of amides is 1. The van der Waals surface area contributed by atoms with Crippen LogP contribution in [0.1, 0.15) is 12.8 Å². The van der Waals surface area contributed by atoms with Crippen LogP contribution in [0, 0.1) is 0 Å². The second-order valence-electron chi connectivity index (χ2n) is 2.10. The number of hydrogen-bond acceptors (Lipinski definition) is 2. The summed E-state index contributed by atoms with van der Waals surface area (Å²) >= 11 is 1.74. The first kappa shape index (κ1) is 7.77. The van der Waals surface area contributed by atoms with Gasteiger partial charge in [0, 0.05) is 6.42 Å². The van der Waals surface area contributed by atoms with Crippen molar-refractivity contribution >= 4 is 34.7 Å². The predicted octanol–water partition coefficient (Wildman–Crippen LogP) is 0.412. The van der Waals surface area contributed by atoms with Gasteiger partial charge in [0.15, 0.2) is 0 Å². The minimum absolute atomic E-state index is 0.0898. The highest BCUT2D eigenvalue weighted by Gasteiger charge is 2.34. The second kappa shape index (κ2) is 2.73. The summed E-state index contributed by atoms with van der Waals surface area (Å²) in [5.41, 5.74) is 0. The number of halogens is 1. The van der Waals surface area contributed by atoms with Crippen molar-refractivity contribution in [1.82, 2.24) is 3.11 Å². The van der Waals surface area contributed by atoms with E-state index >= 15 is 0 Å². The molecule has 1 fully saturated rings. The molecule has 1 saturated heterocycles. The maximum absolute atomic E-state index is 10.7. The lowest BCUT2D eigenvalue weighted by Gasteiger charge is -2.11. The Morgan fingerprint density at radius 2 is 2.40 bits per heavy atom. The fraction of sp³-hybridized carbons (Fsp3) is 0.600. The summed E-state index contributed by atoms with van der Waals surface area (Å²) in [6, 6.07) is -0.604. The van der Waals surface area contributed by atoms with Crippen LogP contribution in [0.3, 0.4) is 0 Å². The van der Waals surface area contributed by atoms with Crippen molar-refractivity contribution in [3.63, 3.8) is 0 Å². The SMILES string of the molecule is O=C(O)C1CCC(=O)N1I. The monoisotopic (exact) mass is 255 g/mol. The van der Waals surface area contributed by atoms with Crippen molar-refractivity contribution in [2.75, 3.05) is 0 Å². The van der Waals surface area contributed by atoms with Crippen LogP contribution in [-0.4, -0.2) is 26.1 Å². The van der Waals surface area contributed by atoms with Gasteiger partial charge >= 0.3 is 5.97 Å². The zero-order chi connectivity index (χ0) is 7.72. The van der Waals surface area contributed by atoms with Gasteiger partial charge in [-0.25, -0.2) is 4.79 Å². The fourth-order valence-electron chi connectivity index (χ4n) is 0.875. The summed E-state index contributed by atoms with van der Waals surface area (Å²) in [5.74, 6) is -1.01. The number of carbonyl (C=O) groups excluding carboxylic acids is 1. The van der Waals surface area contributed by atoms with E-state index < -0.39 is 12.0 Å². The molecular weight excluding hydrogens is 249 g/mol. The van der Waals surface area contributed by atoms with Gasteiger partial charge < -0.3 is 5.11 Å². The Kier molecular flexibility index (Phi) is 2.12. The van der Waals surface area contributed by atoms with Crippen LogP contribution in [-0.2, 0) is 9.59 Å². The maximum Gasteiger partial charge on any atom is 0.327 e. The van der Waals surface area contributed by atoms with Gasteiger partial charge in [-0.05, 0) is 6.42 Å². The average Bonchev–Trinajstić information content (AvgIpc) is 2.14. The molecule has 56 valence electrons. The van der Waals surface area contributed by atoms with Crippen LogP contribution in [0.15, 0.2) is 0 Å². The van der Waals surface area contributed by atoms with Crippen LogP contribution >= 0.6 is 22.9 Å². The Bertz CT molecular complexity index is 182. The number of carboxylic acid groups (broad SMARTS) is 1. The van der Waals surface area contributed by atoms with Crippen molar-refractivity contribution in [2.45, 2.75) is 18.9 Å². The zero-order valence-corrected chi connectivity index (χ0v) is 7.24. The molecule has 1 amide bonds. The van der Waals surface area contributed by atoms with Crippen molar-refractivity contribution in [2.24, 2.45) is 0 Å². The lowest BCUT2D eigenvalue weighted by Crippen LogP contribution is -2.30. The molecule has 1 atom stereocenters. The normalized spacial score (nSPS) is 25.5. The molecule has 10 heavy (non-hydrogen) atoms. The van der Waals surface area contributed by atoms with Gasteiger partial charge in [-0.15, -0.1) is 0 Å². The summed E-state index contributed by atoms with van der Waals surface area (Å²) in [4.78, 5) is 21.1. The molecule has 0 aromatic carbocycles. The molecule has 4 nitrogen and oxygen atoms in total. The Labute approximate surface area is 71.7 Å². The zero-order valence-electron chi connectivity index (χ0n) is 5.08. The number of carbonyl (C=O) groups is 2. The molecule has 1 N–H and O–H groups in total. The quantitative estimate of drug-likeness (QED) is 0.545. The Balaban J connectivity index is 2.66. The number of carboxylic acids is 1. The topological polar surface area (TPSA) is 57.6 Å². The van der Waals surface area contributed by atoms with E-state index in [4.69, 9.17) is 5.11 Å². The third kappa shape index (κ3) is 1.23. The Morgan fingerprint density at radius 3 is 2.60 bits per heavy atom. The van der Waals surface area contributed by atoms with E-state index in [1.54, 1.807) is 22.9 Å². The van der Waals surface area contributed by atoms with E-state index in [0.29, 0.717) is 12.8 Å². The summed E-state index contributed by atoms with van der Waals surface area (Å²) < 4.78 is 1.25. The molecule has 5 heteroatoms. The van der Waals surface area contributed by atoms with E-state index in [9.17, 15) is 9.59 Å². The van der Waals surface area contributed by atoms with Gasteiger partial charge in [0.25, 0.3) is 0 Å². The molecule has 0 spiro atoms. The number of hydrogen-bond donors (Lipinski definition) is 1. The number of nitrogens with zero attached hydrogens (tertiary/aromatic N) is 1. The summed E-state index contributed by atoms with van der Waals surface area (Å²) in [5, 5.41) is 8.50. The van der Waals surface area contributed by atoms with Crippen LogP contribution in [0.4, 0.5) is 0 Å². The standard InChI is InChI=1S/C5H6INO3/c6-7-3(5(9)10)1-2-4(7)8/h3H,1-2H2,(H,9,10). The Morgan fingerprint density at radius 1 is 1.80 bits per heavy atom. The third-order valence-corrected chi connectivity index (χ3v) is 2.64. The van der Waals surface area contributed by atoms with Crippen LogP contribution < -0.4 is 0 Å². The van der Waals surface area contributed by atoms with E-state index in [0.717, 1.165) is 0 Å². The van der Waals surface area contributed by atoms with Gasteiger partial charge in [-0.2, -0.15) is 0 Å². The lowest BCUT2D eigenvalue weighted by atomic mass is 10.2. The van der Waals surface area contributed by atoms with E-state index in [1.807, 2.05) is 0 Å². The third-order valence-electron chi connectivity index (χ3n) is 1.43. The molecule has 0 bridgehead atoms. The first-order valence-corrected chi connectivity index (χ1v) is 3.80. The smallest absolute Gasteiger partial charge is 0.327 e.